The normalized spacial score (nSPS) is 23.9. The van der Waals surface area contributed by atoms with Crippen LogP contribution in [0.15, 0.2) is 18.3 Å². The summed E-state index contributed by atoms with van der Waals surface area (Å²) in [5.41, 5.74) is 1.36. The first-order valence-electron chi connectivity index (χ1n) is 7.44. The van der Waals surface area contributed by atoms with Gasteiger partial charge in [-0.1, -0.05) is 6.07 Å². The molecule has 112 valence electrons. The third-order valence-corrected chi connectivity index (χ3v) is 3.40. The van der Waals surface area contributed by atoms with Crippen molar-refractivity contribution in [2.75, 3.05) is 18.0 Å². The molecular weight excluding hydrogens is 250 g/mol. The van der Waals surface area contributed by atoms with E-state index >= 15 is 0 Å². The van der Waals surface area contributed by atoms with Crippen LogP contribution in [0.1, 0.15) is 40.2 Å². The molecular formula is C16H27N3O. The Hall–Kier alpha value is -1.13. The highest BCUT2D eigenvalue weighted by atomic mass is 16.5. The molecule has 1 saturated heterocycles. The molecule has 4 heteroatoms. The Bertz CT molecular complexity index is 432. The van der Waals surface area contributed by atoms with E-state index < -0.39 is 0 Å². The monoisotopic (exact) mass is 277 g/mol. The summed E-state index contributed by atoms with van der Waals surface area (Å²) < 4.78 is 5.81. The molecule has 0 amide bonds. The molecule has 0 radical (unpaired) electrons. The number of rotatable bonds is 3. The van der Waals surface area contributed by atoms with Crippen molar-refractivity contribution in [3.63, 3.8) is 0 Å². The molecule has 1 aromatic rings. The number of anilines is 1. The second-order valence-corrected chi connectivity index (χ2v) is 6.75. The lowest BCUT2D eigenvalue weighted by Crippen LogP contribution is -2.46. The van der Waals surface area contributed by atoms with Crippen molar-refractivity contribution in [3.8, 4) is 0 Å². The fourth-order valence-corrected chi connectivity index (χ4v) is 2.56. The van der Waals surface area contributed by atoms with Gasteiger partial charge in [0.15, 0.2) is 0 Å². The standard InChI is InChI=1S/C16H27N3O/c1-12-10-19(11-13(2)20-12)15-14(7-6-8-17-15)9-18-16(3,4)5/h6-8,12-13,18H,9-11H2,1-5H3/t12-,13+. The average Bonchev–Trinajstić information content (AvgIpc) is 2.34. The zero-order valence-electron chi connectivity index (χ0n) is 13.3. The van der Waals surface area contributed by atoms with Crippen molar-refractivity contribution >= 4 is 5.82 Å². The SMILES string of the molecule is C[C@@H]1CN(c2ncccc2CNC(C)(C)C)C[C@H](C)O1. The summed E-state index contributed by atoms with van der Waals surface area (Å²) in [4.78, 5) is 6.95. The number of nitrogens with one attached hydrogen (secondary N) is 1. The minimum absolute atomic E-state index is 0.110. The second-order valence-electron chi connectivity index (χ2n) is 6.75. The molecule has 0 unspecified atom stereocenters. The van der Waals surface area contributed by atoms with Crippen LogP contribution in [-0.2, 0) is 11.3 Å². The largest absolute Gasteiger partial charge is 0.372 e. The van der Waals surface area contributed by atoms with E-state index in [1.54, 1.807) is 0 Å². The van der Waals surface area contributed by atoms with Gasteiger partial charge in [0.25, 0.3) is 0 Å². The first kappa shape index (κ1) is 15.3. The molecule has 0 saturated carbocycles. The maximum atomic E-state index is 5.81. The van der Waals surface area contributed by atoms with Crippen molar-refractivity contribution in [3.05, 3.63) is 23.9 Å². The number of ether oxygens (including phenoxy) is 1. The highest BCUT2D eigenvalue weighted by Gasteiger charge is 2.24. The van der Waals surface area contributed by atoms with Crippen LogP contribution >= 0.6 is 0 Å². The predicted octanol–water partition coefficient (Wildman–Crippen LogP) is 2.58. The number of pyridine rings is 1. The van der Waals surface area contributed by atoms with Crippen molar-refractivity contribution in [1.82, 2.24) is 10.3 Å². The Morgan fingerprint density at radius 3 is 2.55 bits per heavy atom. The molecule has 1 aliphatic heterocycles. The van der Waals surface area contributed by atoms with Crippen LogP contribution in [0.3, 0.4) is 0 Å². The number of morpholine rings is 1. The fraction of sp³-hybridized carbons (Fsp3) is 0.688. The maximum Gasteiger partial charge on any atom is 0.133 e. The molecule has 4 nitrogen and oxygen atoms in total. The van der Waals surface area contributed by atoms with E-state index in [0.717, 1.165) is 25.5 Å². The average molecular weight is 277 g/mol. The summed E-state index contributed by atoms with van der Waals surface area (Å²) in [5.74, 6) is 1.09. The molecule has 2 atom stereocenters. The lowest BCUT2D eigenvalue weighted by Gasteiger charge is -2.37. The van der Waals surface area contributed by atoms with E-state index in [1.807, 2.05) is 12.3 Å². The highest BCUT2D eigenvalue weighted by Crippen LogP contribution is 2.22. The van der Waals surface area contributed by atoms with Gasteiger partial charge in [0.05, 0.1) is 12.2 Å². The number of hydrogen-bond donors (Lipinski definition) is 1. The topological polar surface area (TPSA) is 37.4 Å². The smallest absolute Gasteiger partial charge is 0.133 e. The van der Waals surface area contributed by atoms with E-state index in [4.69, 9.17) is 4.74 Å². The molecule has 0 bridgehead atoms. The van der Waals surface area contributed by atoms with Crippen LogP contribution in [0.2, 0.25) is 0 Å². The van der Waals surface area contributed by atoms with Crippen LogP contribution in [0.4, 0.5) is 5.82 Å². The molecule has 0 spiro atoms. The molecule has 1 aliphatic rings. The summed E-state index contributed by atoms with van der Waals surface area (Å²) >= 11 is 0. The van der Waals surface area contributed by atoms with Gasteiger partial charge in [-0.05, 0) is 40.7 Å². The second kappa shape index (κ2) is 6.10. The van der Waals surface area contributed by atoms with Gasteiger partial charge in [0, 0.05) is 36.9 Å². The van der Waals surface area contributed by atoms with Crippen LogP contribution in [-0.4, -0.2) is 35.8 Å². The van der Waals surface area contributed by atoms with Crippen molar-refractivity contribution in [2.24, 2.45) is 0 Å². The van der Waals surface area contributed by atoms with E-state index in [9.17, 15) is 0 Å². The van der Waals surface area contributed by atoms with Gasteiger partial charge in [0.2, 0.25) is 0 Å². The minimum Gasteiger partial charge on any atom is -0.372 e. The number of hydrogen-bond acceptors (Lipinski definition) is 4. The lowest BCUT2D eigenvalue weighted by molar-refractivity contribution is -0.00551. The number of aromatic nitrogens is 1. The zero-order chi connectivity index (χ0) is 14.8. The minimum atomic E-state index is 0.110. The van der Waals surface area contributed by atoms with Crippen molar-refractivity contribution < 1.29 is 4.74 Å². The Morgan fingerprint density at radius 2 is 1.95 bits per heavy atom. The van der Waals surface area contributed by atoms with E-state index in [0.29, 0.717) is 0 Å². The van der Waals surface area contributed by atoms with Gasteiger partial charge in [-0.25, -0.2) is 4.98 Å². The Balaban J connectivity index is 2.14. The van der Waals surface area contributed by atoms with Crippen LogP contribution in [0.5, 0.6) is 0 Å². The molecule has 0 aromatic carbocycles. The van der Waals surface area contributed by atoms with Crippen LogP contribution in [0.25, 0.3) is 0 Å². The van der Waals surface area contributed by atoms with E-state index in [2.05, 4.69) is 55.9 Å². The molecule has 1 aromatic heterocycles. The molecule has 1 N–H and O–H groups in total. The maximum absolute atomic E-state index is 5.81. The first-order valence-corrected chi connectivity index (χ1v) is 7.44. The Labute approximate surface area is 122 Å². The van der Waals surface area contributed by atoms with E-state index in [-0.39, 0.29) is 17.7 Å². The molecule has 2 heterocycles. The van der Waals surface area contributed by atoms with Crippen LogP contribution in [0, 0.1) is 0 Å². The third kappa shape index (κ3) is 4.18. The Kier molecular flexibility index (Phi) is 4.66. The quantitative estimate of drug-likeness (QED) is 0.921. The zero-order valence-corrected chi connectivity index (χ0v) is 13.3. The predicted molar refractivity (Wildman–Crippen MR) is 83.1 cm³/mol. The summed E-state index contributed by atoms with van der Waals surface area (Å²) in [6.45, 7) is 13.4. The lowest BCUT2D eigenvalue weighted by atomic mass is 10.1. The molecule has 20 heavy (non-hydrogen) atoms. The summed E-state index contributed by atoms with van der Waals surface area (Å²) in [7, 11) is 0. The van der Waals surface area contributed by atoms with Crippen LogP contribution < -0.4 is 10.2 Å². The summed E-state index contributed by atoms with van der Waals surface area (Å²) in [5, 5.41) is 3.54. The first-order chi connectivity index (χ1) is 9.35. The third-order valence-electron chi connectivity index (χ3n) is 3.40. The van der Waals surface area contributed by atoms with E-state index in [1.165, 1.54) is 5.56 Å². The van der Waals surface area contributed by atoms with Gasteiger partial charge in [0.1, 0.15) is 5.82 Å². The van der Waals surface area contributed by atoms with Crippen molar-refractivity contribution in [1.29, 1.82) is 0 Å². The number of nitrogens with zero attached hydrogens (tertiary/aromatic N) is 2. The fourth-order valence-electron chi connectivity index (χ4n) is 2.56. The van der Waals surface area contributed by atoms with Gasteiger partial charge in [-0.2, -0.15) is 0 Å². The van der Waals surface area contributed by atoms with Crippen molar-refractivity contribution in [2.45, 2.75) is 58.9 Å². The summed E-state index contributed by atoms with van der Waals surface area (Å²) in [6.07, 6.45) is 2.38. The molecule has 1 fully saturated rings. The van der Waals surface area contributed by atoms with Gasteiger partial charge >= 0.3 is 0 Å². The summed E-state index contributed by atoms with van der Waals surface area (Å²) in [6, 6.07) is 4.17. The highest BCUT2D eigenvalue weighted by molar-refractivity contribution is 5.47. The molecule has 0 aliphatic carbocycles. The Morgan fingerprint density at radius 1 is 1.30 bits per heavy atom. The molecule has 2 rings (SSSR count). The van der Waals surface area contributed by atoms with Gasteiger partial charge in [-0.3, -0.25) is 0 Å². The van der Waals surface area contributed by atoms with Gasteiger partial charge < -0.3 is 15.0 Å². The van der Waals surface area contributed by atoms with Gasteiger partial charge in [-0.15, -0.1) is 0 Å².